The van der Waals surface area contributed by atoms with Gasteiger partial charge in [-0.1, -0.05) is 46.3 Å². The summed E-state index contributed by atoms with van der Waals surface area (Å²) in [5.41, 5.74) is 0.360. The normalized spacial score (nSPS) is 51.3. The molecule has 0 bridgehead atoms. The highest BCUT2D eigenvalue weighted by Gasteiger charge is 2.63. The zero-order valence-electron chi connectivity index (χ0n) is 49.8. The molecule has 5 heterocycles. The third kappa shape index (κ3) is 13.6. The van der Waals surface area contributed by atoms with E-state index in [0.29, 0.717) is 25.7 Å². The fourth-order valence-electron chi connectivity index (χ4n) is 16.0. The maximum Gasteiger partial charge on any atom is 0.397 e. The minimum absolute atomic E-state index is 0.0810. The van der Waals surface area contributed by atoms with E-state index >= 15 is 0 Å². The van der Waals surface area contributed by atoms with Crippen molar-refractivity contribution in [2.24, 2.45) is 46.3 Å². The number of ether oxygens (including phenoxy) is 10. The summed E-state index contributed by atoms with van der Waals surface area (Å²) in [6.45, 7) is 12.9. The van der Waals surface area contributed by atoms with Crippen molar-refractivity contribution < 1.29 is 136 Å². The van der Waals surface area contributed by atoms with Crippen LogP contribution in [0.2, 0.25) is 0 Å². The van der Waals surface area contributed by atoms with Crippen LogP contribution in [0, 0.1) is 46.3 Å². The third-order valence-electron chi connectivity index (χ3n) is 20.7. The molecule has 0 spiro atoms. The van der Waals surface area contributed by atoms with E-state index in [1.165, 1.54) is 26.3 Å². The third-order valence-corrected chi connectivity index (χ3v) is 21.2. The molecule has 0 aromatic carbocycles. The van der Waals surface area contributed by atoms with Gasteiger partial charge in [-0.05, 0) is 112 Å². The van der Waals surface area contributed by atoms with Crippen molar-refractivity contribution in [3.63, 3.8) is 0 Å². The number of aliphatic hydroxyl groups is 13. The number of rotatable bonds is 19. The van der Waals surface area contributed by atoms with Gasteiger partial charge in [-0.3, -0.25) is 9.35 Å². The van der Waals surface area contributed by atoms with Crippen molar-refractivity contribution in [3.05, 3.63) is 11.6 Å². The molecule has 29 heteroatoms. The zero-order chi connectivity index (χ0) is 63.0. The predicted octanol–water partition coefficient (Wildman–Crippen LogP) is -2.43. The standard InChI is InChI=1S/C57H94O28S/c1-21(2)15-26(60)16-22(3)29-9-10-30-28-18-33(32-17-27(85-86(72,73)74)11-13-57(32,8)31(28)12-14-56(29,30)7)78-53-46(71)48(39(64)35(20-59)79-53)82-54-50(84-52-44(69)41(66)37(62)24(5)76-52)45(70)47(25(6)77-54)81-55-49(42(67)38(63)34(19-58)80-55)83-51-43(68)40(65)36(61)23(4)75-51/h12,21-25,27-30,32-55,58-59,61-71H,9-11,13-20H2,1-8H3,(H,72,73,74)/t22-,23?,24?,25?,27+,28?,29-,30?,32?,33+,34?,35?,36?,37?,38?,39?,40?,41?,42?,43?,44?,45?,46?,47?,48?,49?,50?,51?,52?,53?,54?,55?,56-,57-/m1/s1. The van der Waals surface area contributed by atoms with Gasteiger partial charge in [-0.25, -0.2) is 4.18 Å². The quantitative estimate of drug-likeness (QED) is 0.0472. The lowest BCUT2D eigenvalue weighted by atomic mass is 9.47. The lowest BCUT2D eigenvalue weighted by Gasteiger charge is -2.59. The summed E-state index contributed by atoms with van der Waals surface area (Å²) in [4.78, 5) is 13.2. The summed E-state index contributed by atoms with van der Waals surface area (Å²) in [7, 11) is -4.89. The van der Waals surface area contributed by atoms with Crippen LogP contribution in [0.4, 0.5) is 0 Å². The molecule has 86 heavy (non-hydrogen) atoms. The molecule has 28 unspecified atom stereocenters. The lowest BCUT2D eigenvalue weighted by Crippen LogP contribution is -2.68. The van der Waals surface area contributed by atoms with E-state index < -0.39 is 201 Å². The van der Waals surface area contributed by atoms with Gasteiger partial charge in [0.25, 0.3) is 0 Å². The first-order valence-electron chi connectivity index (χ1n) is 30.4. The van der Waals surface area contributed by atoms with Gasteiger partial charge in [0.2, 0.25) is 0 Å². The van der Waals surface area contributed by atoms with E-state index in [9.17, 15) is 84.1 Å². The summed E-state index contributed by atoms with van der Waals surface area (Å²) in [6, 6.07) is 0. The Bertz CT molecular complexity index is 2430. The highest BCUT2D eigenvalue weighted by atomic mass is 32.3. The maximum absolute atomic E-state index is 13.2. The van der Waals surface area contributed by atoms with Crippen LogP contribution in [0.5, 0.6) is 0 Å². The van der Waals surface area contributed by atoms with Crippen molar-refractivity contribution in [3.8, 4) is 0 Å². The Morgan fingerprint density at radius 2 is 1.09 bits per heavy atom. The van der Waals surface area contributed by atoms with Gasteiger partial charge >= 0.3 is 10.4 Å². The van der Waals surface area contributed by atoms with Crippen molar-refractivity contribution in [2.45, 2.75) is 279 Å². The highest BCUT2D eigenvalue weighted by Crippen LogP contribution is 2.67. The molecule has 9 aliphatic rings. The highest BCUT2D eigenvalue weighted by molar-refractivity contribution is 7.80. The summed E-state index contributed by atoms with van der Waals surface area (Å²) in [6.07, 6.45) is -38.7. The molecular formula is C57H94O28S. The number of Topliss-reactive ketones (excluding diaryl/α,β-unsaturated/α-hetero) is 1. The average molecular weight is 1260 g/mol. The molecule has 0 amide bonds. The molecule has 9 rings (SSSR count). The van der Waals surface area contributed by atoms with E-state index in [1.54, 1.807) is 0 Å². The average Bonchev–Trinajstić information content (AvgIpc) is 1.29. The Balaban J connectivity index is 1.00. The largest absolute Gasteiger partial charge is 0.397 e. The predicted molar refractivity (Wildman–Crippen MR) is 290 cm³/mol. The molecule has 0 aromatic heterocycles. The minimum atomic E-state index is -4.89. The van der Waals surface area contributed by atoms with Crippen LogP contribution in [-0.4, -0.2) is 264 Å². The smallest absolute Gasteiger partial charge is 0.394 e. The van der Waals surface area contributed by atoms with Crippen LogP contribution >= 0.6 is 0 Å². The number of allylic oxidation sites excluding steroid dienone is 2. The van der Waals surface area contributed by atoms with Gasteiger partial charge in [0.15, 0.2) is 31.5 Å². The molecule has 0 radical (unpaired) electrons. The Hall–Kier alpha value is -1.64. The first-order valence-corrected chi connectivity index (χ1v) is 31.8. The van der Waals surface area contributed by atoms with E-state index in [2.05, 4.69) is 26.8 Å². The Labute approximate surface area is 500 Å². The molecule has 0 aromatic rings. The second-order valence-corrected chi connectivity index (χ2v) is 27.9. The number of ketones is 1. The first-order chi connectivity index (χ1) is 40.3. The Kier molecular flexibility index (Phi) is 21.7. The number of fused-ring (bicyclic) bond motifs is 5. The SMILES string of the molecule is CC(C)CC(=O)C[C@@H](C)[C@H]1CCC2C3C[C@H](OC4OC(CO)C(O)C(OC5OC(C)C(OC6OC(CO)C(O)C(O)C6OC6OC(C)C(O)C(O)C6O)C(O)C5OC5OC(C)C(O)C(O)C5O)C4O)C4C[C@@H](OS(=O)(=O)O)CC[C@]4(C)C3=CC[C@@]21C. The van der Waals surface area contributed by atoms with Crippen LogP contribution in [0.15, 0.2) is 11.6 Å². The summed E-state index contributed by atoms with van der Waals surface area (Å²) in [5, 5.41) is 145. The molecule has 14 N–H and O–H groups in total. The van der Waals surface area contributed by atoms with Crippen LogP contribution in [-0.2, 0) is 66.7 Å². The number of aliphatic hydroxyl groups excluding tert-OH is 13. The topological polar surface area (TPSA) is 436 Å². The van der Waals surface area contributed by atoms with Gasteiger partial charge < -0.3 is 114 Å². The fourth-order valence-corrected chi connectivity index (χ4v) is 16.6. The molecule has 496 valence electrons. The van der Waals surface area contributed by atoms with Crippen LogP contribution in [0.25, 0.3) is 0 Å². The minimum Gasteiger partial charge on any atom is -0.394 e. The van der Waals surface area contributed by atoms with Gasteiger partial charge in [-0.15, -0.1) is 0 Å². The number of carbonyl (C=O) groups is 1. The molecular weight excluding hydrogens is 1160 g/mol. The summed E-state index contributed by atoms with van der Waals surface area (Å²) >= 11 is 0. The van der Waals surface area contributed by atoms with Gasteiger partial charge in [0, 0.05) is 12.8 Å². The lowest BCUT2D eigenvalue weighted by molar-refractivity contribution is -0.407. The molecule has 8 fully saturated rings. The summed E-state index contributed by atoms with van der Waals surface area (Å²) < 4.78 is 101. The molecule has 34 atom stereocenters. The molecule has 28 nitrogen and oxygen atoms in total. The van der Waals surface area contributed by atoms with Crippen LogP contribution < -0.4 is 0 Å². The van der Waals surface area contributed by atoms with Crippen molar-refractivity contribution in [1.82, 2.24) is 0 Å². The number of hydrogen-bond acceptors (Lipinski definition) is 27. The molecule has 3 saturated carbocycles. The van der Waals surface area contributed by atoms with Crippen LogP contribution in [0.1, 0.15) is 113 Å². The van der Waals surface area contributed by atoms with Crippen LogP contribution in [0.3, 0.4) is 0 Å². The fraction of sp³-hybridized carbons (Fsp3) is 0.947. The maximum atomic E-state index is 13.2. The number of hydrogen-bond donors (Lipinski definition) is 14. The van der Waals surface area contributed by atoms with Crippen molar-refractivity contribution in [1.29, 1.82) is 0 Å². The van der Waals surface area contributed by atoms with E-state index in [1.807, 2.05) is 13.8 Å². The van der Waals surface area contributed by atoms with Crippen molar-refractivity contribution in [2.75, 3.05) is 13.2 Å². The molecule has 4 aliphatic carbocycles. The molecule has 5 aliphatic heterocycles. The second kappa shape index (κ2) is 27.1. The van der Waals surface area contributed by atoms with Gasteiger partial charge in [0.05, 0.1) is 43.7 Å². The van der Waals surface area contributed by atoms with E-state index in [0.717, 1.165) is 19.3 Å². The first kappa shape index (κ1) is 68.7. The van der Waals surface area contributed by atoms with Crippen molar-refractivity contribution >= 4 is 16.2 Å². The zero-order valence-corrected chi connectivity index (χ0v) is 50.6. The second-order valence-electron chi connectivity index (χ2n) is 26.8. The number of carbonyl (C=O) groups excluding carboxylic acids is 1. The summed E-state index contributed by atoms with van der Waals surface area (Å²) in [5.74, 6) is 0.340. The van der Waals surface area contributed by atoms with E-state index in [-0.39, 0.29) is 53.6 Å². The molecule has 5 saturated heterocycles. The Morgan fingerprint density at radius 3 is 1.67 bits per heavy atom. The Morgan fingerprint density at radius 1 is 0.570 bits per heavy atom. The van der Waals surface area contributed by atoms with Gasteiger partial charge in [-0.2, -0.15) is 8.42 Å². The van der Waals surface area contributed by atoms with Gasteiger partial charge in [0.1, 0.15) is 110 Å². The monoisotopic (exact) mass is 1260 g/mol. The van der Waals surface area contributed by atoms with E-state index in [4.69, 9.17) is 51.6 Å².